The molecule has 1 aliphatic heterocycles. The SMILES string of the molecule is CC1=C(C(=O)Nc2ccc(C)cc2C)C(c2ccc(OCCC(C)C)cc2)n2nnnc2N1. The fourth-order valence-corrected chi connectivity index (χ4v) is 3.92. The molecule has 3 aromatic rings. The van der Waals surface area contributed by atoms with Crippen molar-refractivity contribution in [3.05, 3.63) is 70.4 Å². The molecule has 0 aliphatic carbocycles. The lowest BCUT2D eigenvalue weighted by molar-refractivity contribution is -0.113. The van der Waals surface area contributed by atoms with Crippen molar-refractivity contribution >= 4 is 17.5 Å². The van der Waals surface area contributed by atoms with Crippen LogP contribution in [0.25, 0.3) is 0 Å². The molecule has 8 nitrogen and oxygen atoms in total. The Bertz CT molecular complexity index is 1180. The molecule has 33 heavy (non-hydrogen) atoms. The average Bonchev–Trinajstić information content (AvgIpc) is 3.23. The molecule has 4 rings (SSSR count). The van der Waals surface area contributed by atoms with Crippen molar-refractivity contribution in [1.29, 1.82) is 0 Å². The van der Waals surface area contributed by atoms with E-state index in [2.05, 4.69) is 40.0 Å². The third-order valence-corrected chi connectivity index (χ3v) is 5.75. The monoisotopic (exact) mass is 446 g/mol. The number of tetrazole rings is 1. The summed E-state index contributed by atoms with van der Waals surface area (Å²) in [6, 6.07) is 13.3. The van der Waals surface area contributed by atoms with Crippen LogP contribution in [0.1, 0.15) is 49.9 Å². The molecule has 1 aromatic heterocycles. The Hall–Kier alpha value is -3.68. The van der Waals surface area contributed by atoms with E-state index in [0.717, 1.165) is 34.5 Å². The summed E-state index contributed by atoms with van der Waals surface area (Å²) in [5.41, 5.74) is 5.09. The number of aromatic nitrogens is 4. The summed E-state index contributed by atoms with van der Waals surface area (Å²) >= 11 is 0. The minimum absolute atomic E-state index is 0.199. The maximum absolute atomic E-state index is 13.5. The number of carbonyl (C=O) groups excluding carboxylic acids is 1. The number of nitrogens with zero attached hydrogens (tertiary/aromatic N) is 4. The minimum Gasteiger partial charge on any atom is -0.494 e. The highest BCUT2D eigenvalue weighted by molar-refractivity contribution is 6.06. The number of anilines is 2. The second kappa shape index (κ2) is 9.44. The molecule has 2 N–H and O–H groups in total. The first-order chi connectivity index (χ1) is 15.8. The predicted octanol–water partition coefficient (Wildman–Crippen LogP) is 4.64. The van der Waals surface area contributed by atoms with Gasteiger partial charge in [0.15, 0.2) is 0 Å². The maximum Gasteiger partial charge on any atom is 0.255 e. The number of carbonyl (C=O) groups is 1. The molecule has 0 bridgehead atoms. The van der Waals surface area contributed by atoms with Gasteiger partial charge in [-0.2, -0.15) is 4.68 Å². The highest BCUT2D eigenvalue weighted by Gasteiger charge is 2.34. The molecule has 1 amide bonds. The van der Waals surface area contributed by atoms with Crippen LogP contribution in [0.15, 0.2) is 53.7 Å². The third kappa shape index (κ3) is 4.89. The average molecular weight is 447 g/mol. The molecule has 1 atom stereocenters. The first-order valence-electron chi connectivity index (χ1n) is 11.2. The minimum atomic E-state index is -0.466. The Balaban J connectivity index is 1.63. The normalized spacial score (nSPS) is 15.3. The van der Waals surface area contributed by atoms with Crippen molar-refractivity contribution in [1.82, 2.24) is 20.2 Å². The van der Waals surface area contributed by atoms with Crippen LogP contribution >= 0.6 is 0 Å². The van der Waals surface area contributed by atoms with Crippen LogP contribution in [-0.4, -0.2) is 32.7 Å². The number of amides is 1. The Kier molecular flexibility index (Phi) is 6.44. The van der Waals surface area contributed by atoms with Gasteiger partial charge in [0, 0.05) is 11.4 Å². The summed E-state index contributed by atoms with van der Waals surface area (Å²) in [5, 5.41) is 18.2. The zero-order valence-electron chi connectivity index (χ0n) is 19.7. The van der Waals surface area contributed by atoms with E-state index in [4.69, 9.17) is 4.74 Å². The van der Waals surface area contributed by atoms with E-state index in [0.29, 0.717) is 29.7 Å². The number of benzene rings is 2. The van der Waals surface area contributed by atoms with E-state index in [9.17, 15) is 4.79 Å². The zero-order valence-corrected chi connectivity index (χ0v) is 19.7. The molecule has 2 heterocycles. The van der Waals surface area contributed by atoms with Gasteiger partial charge in [0.1, 0.15) is 11.8 Å². The van der Waals surface area contributed by atoms with Crippen molar-refractivity contribution in [2.45, 2.75) is 47.1 Å². The fraction of sp³-hybridized carbons (Fsp3) is 0.360. The van der Waals surface area contributed by atoms with Gasteiger partial charge in [-0.1, -0.05) is 48.8 Å². The summed E-state index contributed by atoms with van der Waals surface area (Å²) in [6.07, 6.45) is 0.995. The number of allylic oxidation sites excluding steroid dienone is 1. The van der Waals surface area contributed by atoms with Crippen LogP contribution in [0.4, 0.5) is 11.6 Å². The Morgan fingerprint density at radius 3 is 2.61 bits per heavy atom. The first-order valence-corrected chi connectivity index (χ1v) is 11.2. The van der Waals surface area contributed by atoms with Crippen molar-refractivity contribution < 1.29 is 9.53 Å². The lowest BCUT2D eigenvalue weighted by Gasteiger charge is -2.28. The molecular formula is C25H30N6O2. The largest absolute Gasteiger partial charge is 0.494 e. The summed E-state index contributed by atoms with van der Waals surface area (Å²) in [4.78, 5) is 13.5. The molecule has 0 fully saturated rings. The lowest BCUT2D eigenvalue weighted by atomic mass is 9.94. The summed E-state index contributed by atoms with van der Waals surface area (Å²) in [7, 11) is 0. The van der Waals surface area contributed by atoms with Gasteiger partial charge in [0.25, 0.3) is 5.91 Å². The molecule has 1 aliphatic rings. The highest BCUT2D eigenvalue weighted by Crippen LogP contribution is 2.35. The second-order valence-corrected chi connectivity index (χ2v) is 8.89. The number of hydrogen-bond acceptors (Lipinski definition) is 6. The Morgan fingerprint density at radius 2 is 1.91 bits per heavy atom. The molecule has 8 heteroatoms. The quantitative estimate of drug-likeness (QED) is 0.549. The van der Waals surface area contributed by atoms with Gasteiger partial charge in [-0.15, -0.1) is 0 Å². The zero-order chi connectivity index (χ0) is 23.5. The lowest BCUT2D eigenvalue weighted by Crippen LogP contribution is -2.31. The van der Waals surface area contributed by atoms with Crippen LogP contribution in [0.3, 0.4) is 0 Å². The standard InChI is InChI=1S/C25H30N6O2/c1-15(2)12-13-33-20-9-7-19(8-10-20)23-22(18(5)26-25-28-29-30-31(23)25)24(32)27-21-11-6-16(3)14-17(21)4/h6-11,14-15,23H,12-13H2,1-5H3,(H,27,32)(H,26,28,30). The van der Waals surface area contributed by atoms with Gasteiger partial charge in [-0.3, -0.25) is 4.79 Å². The van der Waals surface area contributed by atoms with Crippen molar-refractivity contribution in [2.75, 3.05) is 17.2 Å². The molecule has 0 spiro atoms. The molecular weight excluding hydrogens is 416 g/mol. The van der Waals surface area contributed by atoms with E-state index in [1.807, 2.05) is 63.2 Å². The number of ether oxygens (including phenoxy) is 1. The molecule has 0 saturated carbocycles. The number of nitrogens with one attached hydrogen (secondary N) is 2. The van der Waals surface area contributed by atoms with E-state index in [1.54, 1.807) is 4.68 Å². The van der Waals surface area contributed by atoms with Crippen LogP contribution in [-0.2, 0) is 4.79 Å². The fourth-order valence-electron chi connectivity index (χ4n) is 3.92. The van der Waals surface area contributed by atoms with Crippen LogP contribution < -0.4 is 15.4 Å². The van der Waals surface area contributed by atoms with Crippen LogP contribution in [0.2, 0.25) is 0 Å². The van der Waals surface area contributed by atoms with Gasteiger partial charge in [-0.05, 0) is 72.9 Å². The highest BCUT2D eigenvalue weighted by atomic mass is 16.5. The number of rotatable bonds is 7. The van der Waals surface area contributed by atoms with Gasteiger partial charge in [0.05, 0.1) is 12.2 Å². The summed E-state index contributed by atoms with van der Waals surface area (Å²) in [5.74, 6) is 1.68. The maximum atomic E-state index is 13.5. The topological polar surface area (TPSA) is 94.0 Å². The van der Waals surface area contributed by atoms with E-state index >= 15 is 0 Å². The number of hydrogen-bond donors (Lipinski definition) is 2. The van der Waals surface area contributed by atoms with Gasteiger partial charge in [-0.25, -0.2) is 0 Å². The molecule has 2 aromatic carbocycles. The first kappa shape index (κ1) is 22.5. The second-order valence-electron chi connectivity index (χ2n) is 8.89. The van der Waals surface area contributed by atoms with Crippen molar-refractivity contribution in [3.8, 4) is 5.75 Å². The van der Waals surface area contributed by atoms with Crippen molar-refractivity contribution in [2.24, 2.45) is 5.92 Å². The third-order valence-electron chi connectivity index (χ3n) is 5.75. The van der Waals surface area contributed by atoms with Crippen LogP contribution in [0.5, 0.6) is 5.75 Å². The molecule has 0 radical (unpaired) electrons. The molecule has 0 saturated heterocycles. The number of aryl methyl sites for hydroxylation is 2. The van der Waals surface area contributed by atoms with Crippen LogP contribution in [0, 0.1) is 19.8 Å². The summed E-state index contributed by atoms with van der Waals surface area (Å²) in [6.45, 7) is 10.9. The van der Waals surface area contributed by atoms with E-state index in [1.165, 1.54) is 0 Å². The van der Waals surface area contributed by atoms with Gasteiger partial charge in [0.2, 0.25) is 5.95 Å². The molecule has 172 valence electrons. The van der Waals surface area contributed by atoms with Gasteiger partial charge >= 0.3 is 0 Å². The van der Waals surface area contributed by atoms with Gasteiger partial charge < -0.3 is 15.4 Å². The van der Waals surface area contributed by atoms with E-state index in [-0.39, 0.29) is 5.91 Å². The smallest absolute Gasteiger partial charge is 0.255 e. The van der Waals surface area contributed by atoms with Crippen molar-refractivity contribution in [3.63, 3.8) is 0 Å². The summed E-state index contributed by atoms with van der Waals surface area (Å²) < 4.78 is 7.50. The number of fused-ring (bicyclic) bond motifs is 1. The Labute approximate surface area is 194 Å². The Morgan fingerprint density at radius 1 is 1.15 bits per heavy atom. The van der Waals surface area contributed by atoms with E-state index < -0.39 is 6.04 Å². The molecule has 1 unspecified atom stereocenters. The predicted molar refractivity (Wildman–Crippen MR) is 128 cm³/mol.